The summed E-state index contributed by atoms with van der Waals surface area (Å²) in [4.78, 5) is 5.27. The Kier molecular flexibility index (Phi) is 12.4. The van der Waals surface area contributed by atoms with E-state index >= 15 is 0 Å². The predicted octanol–water partition coefficient (Wildman–Crippen LogP) is 17.4. The van der Waals surface area contributed by atoms with Gasteiger partial charge in [0.15, 0.2) is 0 Å². The number of nitrogens with zero attached hydrogens (tertiary/aromatic N) is 2. The molecule has 0 saturated heterocycles. The molecule has 0 aromatic heterocycles. The minimum Gasteiger partial charge on any atom is -0.311 e. The highest BCUT2D eigenvalue weighted by molar-refractivity contribution is 7.00. The van der Waals surface area contributed by atoms with Crippen molar-refractivity contribution in [1.82, 2.24) is 0 Å². The zero-order valence-electron chi connectivity index (χ0n) is 47.1. The number of hydrogen-bond acceptors (Lipinski definition) is 2. The van der Waals surface area contributed by atoms with Crippen LogP contribution in [0, 0.1) is 0 Å². The topological polar surface area (TPSA) is 6.48 Å². The van der Waals surface area contributed by atoms with Crippen molar-refractivity contribution in [3.05, 3.63) is 304 Å². The van der Waals surface area contributed by atoms with E-state index in [2.05, 4.69) is 328 Å². The van der Waals surface area contributed by atoms with Gasteiger partial charge in [-0.3, -0.25) is 0 Å². The third kappa shape index (κ3) is 8.42. The number of hydrogen-bond donors (Lipinski definition) is 0. The van der Waals surface area contributed by atoms with Gasteiger partial charge < -0.3 is 9.80 Å². The molecular weight excluding hydrogens is 940 g/mol. The van der Waals surface area contributed by atoms with E-state index in [9.17, 15) is 0 Å². The Bertz CT molecular complexity index is 3600. The molecule has 2 aliphatic heterocycles. The van der Waals surface area contributed by atoms with E-state index in [0.717, 1.165) is 11.4 Å². The second kappa shape index (κ2) is 19.1. The van der Waals surface area contributed by atoms with E-state index in [1.807, 2.05) is 0 Å². The van der Waals surface area contributed by atoms with E-state index in [4.69, 9.17) is 0 Å². The number of benzene rings is 10. The Labute approximate surface area is 465 Å². The zero-order chi connectivity index (χ0) is 54.2. The smallest absolute Gasteiger partial charge is 0.252 e. The van der Waals surface area contributed by atoms with E-state index in [0.29, 0.717) is 0 Å². The Morgan fingerprint density at radius 1 is 0.231 bits per heavy atom. The highest BCUT2D eigenvalue weighted by Crippen LogP contribution is 2.50. The summed E-state index contributed by atoms with van der Waals surface area (Å²) in [5, 5.41) is 0. The summed E-state index contributed by atoms with van der Waals surface area (Å²) in [6, 6.07) is 93.9. The first-order chi connectivity index (χ1) is 37.5. The lowest BCUT2D eigenvalue weighted by Crippen LogP contribution is -2.61. The van der Waals surface area contributed by atoms with Crippen LogP contribution in [-0.2, 0) is 27.1 Å². The van der Waals surface area contributed by atoms with Gasteiger partial charge in [-0.1, -0.05) is 269 Å². The molecule has 0 bridgehead atoms. The van der Waals surface area contributed by atoms with Crippen LogP contribution in [0.5, 0.6) is 0 Å². The molecule has 0 fully saturated rings. The first kappa shape index (κ1) is 50.7. The molecule has 2 heterocycles. The van der Waals surface area contributed by atoms with Gasteiger partial charge in [0.05, 0.1) is 0 Å². The molecule has 12 rings (SSSR count). The fourth-order valence-electron chi connectivity index (χ4n) is 12.9. The number of rotatable bonds is 12. The van der Waals surface area contributed by atoms with Crippen molar-refractivity contribution in [3.8, 4) is 0 Å². The van der Waals surface area contributed by atoms with E-state index in [1.54, 1.807) is 0 Å². The second-order valence-corrected chi connectivity index (χ2v) is 24.6. The molecule has 2 aliphatic rings. The van der Waals surface area contributed by atoms with Crippen LogP contribution >= 0.6 is 0 Å². The summed E-state index contributed by atoms with van der Waals surface area (Å²) in [7, 11) is 0. The van der Waals surface area contributed by atoms with Gasteiger partial charge in [0, 0.05) is 61.2 Å². The molecule has 0 radical (unpaired) electrons. The SMILES string of the molecule is CC(C)(c1ccccc1)c1cccc(N2c3cc(C(C)(C)c4ccccc4)ccc3B3c4ccc(C(C)(C)c5ccccc5)cc4N(c4cccc(C(C)(C)c5ccccc5)c4)c4cc(C(C)(C)c5ccccc5)cc2c43)c1. The fraction of sp³-hybridized carbons (Fsp3) is 0.200. The van der Waals surface area contributed by atoms with Crippen molar-refractivity contribution in [2.45, 2.75) is 96.3 Å². The summed E-state index contributed by atoms with van der Waals surface area (Å²) in [6.07, 6.45) is 0. The maximum absolute atomic E-state index is 2.63. The van der Waals surface area contributed by atoms with E-state index < -0.39 is 0 Å². The average molecular weight is 1010 g/mol. The molecule has 0 atom stereocenters. The number of fused-ring (bicyclic) bond motifs is 4. The van der Waals surface area contributed by atoms with Gasteiger partial charge in [-0.25, -0.2) is 0 Å². The Morgan fingerprint density at radius 2 is 0.487 bits per heavy atom. The zero-order valence-corrected chi connectivity index (χ0v) is 47.1. The maximum atomic E-state index is 2.63. The van der Waals surface area contributed by atoms with Gasteiger partial charge in [0.25, 0.3) is 6.71 Å². The highest BCUT2D eigenvalue weighted by Gasteiger charge is 2.46. The van der Waals surface area contributed by atoms with Gasteiger partial charge >= 0.3 is 0 Å². The molecule has 0 aliphatic carbocycles. The van der Waals surface area contributed by atoms with Gasteiger partial charge in [0.1, 0.15) is 0 Å². The van der Waals surface area contributed by atoms with Crippen LogP contribution in [-0.4, -0.2) is 6.71 Å². The van der Waals surface area contributed by atoms with Crippen LogP contribution in [0.1, 0.15) is 125 Å². The third-order valence-electron chi connectivity index (χ3n) is 18.4. The summed E-state index contributed by atoms with van der Waals surface area (Å²) < 4.78 is 0. The van der Waals surface area contributed by atoms with Crippen molar-refractivity contribution < 1.29 is 0 Å². The van der Waals surface area contributed by atoms with Gasteiger partial charge in [0.2, 0.25) is 0 Å². The van der Waals surface area contributed by atoms with Crippen molar-refractivity contribution in [3.63, 3.8) is 0 Å². The van der Waals surface area contributed by atoms with Gasteiger partial charge in [-0.05, 0) is 121 Å². The monoisotopic (exact) mass is 1010 g/mol. The average Bonchev–Trinajstić information content (AvgIpc) is 3.53. The molecular formula is C75H71BN2. The number of anilines is 6. The fourth-order valence-corrected chi connectivity index (χ4v) is 12.9. The molecule has 2 nitrogen and oxygen atoms in total. The highest BCUT2D eigenvalue weighted by atomic mass is 15.2. The van der Waals surface area contributed by atoms with Crippen LogP contribution in [0.2, 0.25) is 0 Å². The first-order valence-electron chi connectivity index (χ1n) is 28.0. The first-order valence-corrected chi connectivity index (χ1v) is 28.0. The molecule has 3 heteroatoms. The molecule has 10 aromatic carbocycles. The van der Waals surface area contributed by atoms with Crippen molar-refractivity contribution in [2.24, 2.45) is 0 Å². The standard InChI is InChI=1S/C75H71BN2/c1-71(2,52-28-16-11-17-29-52)57-38-26-40-62(46-57)77-66-48-59(73(5,6)54-32-20-13-21-33-54)42-44-64(66)76-65-45-43-60(74(7,8)55-34-22-14-23-35-55)49-67(65)78(63-41-27-39-58(47-63)72(3,4)53-30-18-12-19-31-53)69-51-61(50-68(77)70(69)76)75(9,10)56-36-24-15-25-37-56/h11-51H,1-10H3. The lowest BCUT2D eigenvalue weighted by molar-refractivity contribution is 0.639. The van der Waals surface area contributed by atoms with Gasteiger partial charge in [-0.2, -0.15) is 0 Å². The summed E-state index contributed by atoms with van der Waals surface area (Å²) in [5.41, 5.74) is 22.4. The molecule has 10 aromatic rings. The normalized spacial score (nSPS) is 13.4. The van der Waals surface area contributed by atoms with E-state index in [-0.39, 0.29) is 33.8 Å². The Hall–Kier alpha value is -8.14. The minimum atomic E-state index is -0.372. The summed E-state index contributed by atoms with van der Waals surface area (Å²) >= 11 is 0. The lowest BCUT2D eigenvalue weighted by Gasteiger charge is -2.46. The molecule has 384 valence electrons. The second-order valence-electron chi connectivity index (χ2n) is 24.6. The predicted molar refractivity (Wildman–Crippen MR) is 333 cm³/mol. The molecule has 0 saturated carbocycles. The van der Waals surface area contributed by atoms with Crippen LogP contribution in [0.3, 0.4) is 0 Å². The summed E-state index contributed by atoms with van der Waals surface area (Å²) in [5.74, 6) is 0. The van der Waals surface area contributed by atoms with Crippen LogP contribution in [0.15, 0.2) is 249 Å². The molecule has 0 unspecified atom stereocenters. The van der Waals surface area contributed by atoms with Crippen molar-refractivity contribution >= 4 is 57.2 Å². The summed E-state index contributed by atoms with van der Waals surface area (Å²) in [6.45, 7) is 23.7. The van der Waals surface area contributed by atoms with Crippen LogP contribution in [0.4, 0.5) is 34.1 Å². The Morgan fingerprint density at radius 3 is 0.795 bits per heavy atom. The molecule has 0 N–H and O–H groups in total. The van der Waals surface area contributed by atoms with Crippen LogP contribution in [0.25, 0.3) is 0 Å². The molecule has 0 amide bonds. The Balaban J connectivity index is 1.19. The van der Waals surface area contributed by atoms with Crippen LogP contribution < -0.4 is 26.2 Å². The quantitative estimate of drug-likeness (QED) is 0.113. The van der Waals surface area contributed by atoms with Crippen molar-refractivity contribution in [1.29, 1.82) is 0 Å². The minimum absolute atomic E-state index is 0.0722. The molecule has 0 spiro atoms. The maximum Gasteiger partial charge on any atom is 0.252 e. The largest absolute Gasteiger partial charge is 0.311 e. The van der Waals surface area contributed by atoms with E-state index in [1.165, 1.54) is 94.8 Å². The molecule has 78 heavy (non-hydrogen) atoms. The lowest BCUT2D eigenvalue weighted by atomic mass is 9.33. The third-order valence-corrected chi connectivity index (χ3v) is 18.4. The van der Waals surface area contributed by atoms with Gasteiger partial charge in [-0.15, -0.1) is 0 Å². The van der Waals surface area contributed by atoms with Crippen molar-refractivity contribution in [2.75, 3.05) is 9.80 Å².